The minimum atomic E-state index is -1.15. The van der Waals surface area contributed by atoms with Gasteiger partial charge in [0.05, 0.1) is 5.39 Å². The maximum atomic E-state index is 14.7. The van der Waals surface area contributed by atoms with Crippen molar-refractivity contribution < 1.29 is 28.2 Å². The predicted molar refractivity (Wildman–Crippen MR) is 116 cm³/mol. The topological polar surface area (TPSA) is 112 Å². The second-order valence-corrected chi connectivity index (χ2v) is 6.84. The van der Waals surface area contributed by atoms with Crippen LogP contribution in [0.15, 0.2) is 17.1 Å². The van der Waals surface area contributed by atoms with Crippen LogP contribution < -0.4 is 15.6 Å². The van der Waals surface area contributed by atoms with Gasteiger partial charge in [0.25, 0.3) is 6.47 Å². The summed E-state index contributed by atoms with van der Waals surface area (Å²) >= 11 is 0. The number of halogens is 1. The lowest BCUT2D eigenvalue weighted by atomic mass is 10.2. The molecule has 1 saturated heterocycles. The van der Waals surface area contributed by atoms with E-state index in [9.17, 15) is 18.8 Å². The van der Waals surface area contributed by atoms with Crippen molar-refractivity contribution in [2.24, 2.45) is 0 Å². The first kappa shape index (κ1) is 25.2. The van der Waals surface area contributed by atoms with Crippen molar-refractivity contribution in [3.8, 4) is 0 Å². The van der Waals surface area contributed by atoms with Crippen LogP contribution in [-0.2, 0) is 25.5 Å². The average molecular weight is 452 g/mol. The van der Waals surface area contributed by atoms with E-state index in [1.54, 1.807) is 11.7 Å². The van der Waals surface area contributed by atoms with E-state index in [0.717, 1.165) is 12.7 Å². The number of nitrogens with one attached hydrogen (secondary N) is 1. The van der Waals surface area contributed by atoms with Gasteiger partial charge >= 0.3 is 5.97 Å². The first-order valence-electron chi connectivity index (χ1n) is 10.4. The van der Waals surface area contributed by atoms with Crippen LogP contribution in [-0.4, -0.2) is 68.2 Å². The van der Waals surface area contributed by atoms with Crippen LogP contribution in [0, 0.1) is 5.82 Å². The number of hydrogen-bond acceptors (Lipinski definition) is 9. The van der Waals surface area contributed by atoms with Gasteiger partial charge in [-0.15, -0.1) is 0 Å². The van der Waals surface area contributed by atoms with Crippen molar-refractivity contribution in [2.45, 2.75) is 33.6 Å². The summed E-state index contributed by atoms with van der Waals surface area (Å²) in [6.45, 7) is 9.10. The monoisotopic (exact) mass is 452 g/mol. The van der Waals surface area contributed by atoms with E-state index in [1.165, 1.54) is 13.1 Å². The third kappa shape index (κ3) is 6.01. The lowest BCUT2D eigenvalue weighted by Crippen LogP contribution is -2.44. The fourth-order valence-corrected chi connectivity index (χ4v) is 3.08. The number of hydrogen-bond donors (Lipinski definition) is 1. The van der Waals surface area contributed by atoms with E-state index in [0.29, 0.717) is 32.7 Å². The number of aromatic nitrogens is 2. The molecule has 32 heavy (non-hydrogen) atoms. The Morgan fingerprint density at radius 3 is 2.56 bits per heavy atom. The molecule has 1 unspecified atom stereocenters. The molecule has 11 heteroatoms. The highest BCUT2D eigenvalue weighted by molar-refractivity contribution is 5.93. The molecule has 0 aromatic carbocycles. The number of rotatable bonds is 7. The Balaban J connectivity index is 0.000000837. The predicted octanol–water partition coefficient (Wildman–Crippen LogP) is 1.29. The Morgan fingerprint density at radius 2 is 2.00 bits per heavy atom. The van der Waals surface area contributed by atoms with Gasteiger partial charge in [0.2, 0.25) is 11.7 Å². The second kappa shape index (κ2) is 12.1. The maximum absolute atomic E-state index is 14.7. The molecule has 3 rings (SSSR count). The third-order valence-corrected chi connectivity index (χ3v) is 4.77. The number of carbonyl (C=O) groups is 2. The summed E-state index contributed by atoms with van der Waals surface area (Å²) in [7, 11) is 1.68. The molecule has 0 aliphatic carbocycles. The molecule has 2 aromatic rings. The van der Waals surface area contributed by atoms with Crippen LogP contribution in [0.4, 0.5) is 10.2 Å². The lowest BCUT2D eigenvalue weighted by molar-refractivity contribution is -0.149. The molecular formula is C21H29FN4O6. The Morgan fingerprint density at radius 1 is 1.34 bits per heavy atom. The number of nitrogens with zero attached hydrogens (tertiary/aromatic N) is 3. The molecular weight excluding hydrogens is 423 g/mol. The molecule has 1 aliphatic heterocycles. The van der Waals surface area contributed by atoms with Gasteiger partial charge in [-0.2, -0.15) is 0 Å². The summed E-state index contributed by atoms with van der Waals surface area (Å²) in [5.74, 6) is -1.41. The number of methoxy groups -OCH3 is 1. The average Bonchev–Trinajstić information content (AvgIpc) is 2.80. The van der Waals surface area contributed by atoms with Gasteiger partial charge in [0, 0.05) is 59.6 Å². The molecule has 176 valence electrons. The number of aryl methyl sites for hydroxylation is 1. The van der Waals surface area contributed by atoms with Crippen LogP contribution in [0.1, 0.15) is 31.1 Å². The van der Waals surface area contributed by atoms with Gasteiger partial charge in [0.15, 0.2) is 11.6 Å². The molecule has 0 amide bonds. The van der Waals surface area contributed by atoms with Gasteiger partial charge in [0.1, 0.15) is 11.2 Å². The summed E-state index contributed by atoms with van der Waals surface area (Å²) in [6, 6.07) is 1.11. The van der Waals surface area contributed by atoms with Crippen molar-refractivity contribution >= 4 is 29.3 Å². The van der Waals surface area contributed by atoms with Crippen molar-refractivity contribution in [1.82, 2.24) is 14.9 Å². The summed E-state index contributed by atoms with van der Waals surface area (Å²) in [6.07, 6.45) is 0.174. The SMILES string of the molecule is CCOC.CCn1cc(C(=O)OC(C)OC=O)c(=O)c2cc(F)c(N3CCNCC3)nc21. The van der Waals surface area contributed by atoms with Crippen LogP contribution in [0.3, 0.4) is 0 Å². The second-order valence-electron chi connectivity index (χ2n) is 6.84. The fraction of sp³-hybridized carbons (Fsp3) is 0.524. The number of esters is 1. The summed E-state index contributed by atoms with van der Waals surface area (Å²) < 4.78 is 30.3. The lowest BCUT2D eigenvalue weighted by Gasteiger charge is -2.29. The van der Waals surface area contributed by atoms with Gasteiger partial charge < -0.3 is 29.0 Å². The van der Waals surface area contributed by atoms with Gasteiger partial charge in [-0.3, -0.25) is 9.59 Å². The van der Waals surface area contributed by atoms with Crippen molar-refractivity contribution in [1.29, 1.82) is 0 Å². The van der Waals surface area contributed by atoms with E-state index in [-0.39, 0.29) is 28.9 Å². The van der Waals surface area contributed by atoms with Crippen molar-refractivity contribution in [2.75, 3.05) is 44.8 Å². The molecule has 1 aliphatic rings. The van der Waals surface area contributed by atoms with Crippen LogP contribution in [0.5, 0.6) is 0 Å². The Bertz CT molecular complexity index is 988. The van der Waals surface area contributed by atoms with Gasteiger partial charge in [-0.1, -0.05) is 0 Å². The van der Waals surface area contributed by atoms with Crippen LogP contribution in [0.25, 0.3) is 11.0 Å². The van der Waals surface area contributed by atoms with Crippen LogP contribution >= 0.6 is 0 Å². The van der Waals surface area contributed by atoms with E-state index in [2.05, 4.69) is 19.8 Å². The molecule has 0 saturated carbocycles. The quantitative estimate of drug-likeness (QED) is 0.377. The Kier molecular flexibility index (Phi) is 9.54. The van der Waals surface area contributed by atoms with E-state index >= 15 is 0 Å². The molecule has 1 atom stereocenters. The fourth-order valence-electron chi connectivity index (χ4n) is 3.08. The van der Waals surface area contributed by atoms with E-state index < -0.39 is 23.5 Å². The van der Waals surface area contributed by atoms with Gasteiger partial charge in [-0.25, -0.2) is 14.2 Å². The summed E-state index contributed by atoms with van der Waals surface area (Å²) in [5, 5.41) is 3.17. The normalized spacial score (nSPS) is 14.3. The molecule has 2 aromatic heterocycles. The number of anilines is 1. The Hall–Kier alpha value is -3.05. The van der Waals surface area contributed by atoms with Crippen molar-refractivity contribution in [3.05, 3.63) is 33.9 Å². The molecule has 3 heterocycles. The zero-order valence-electron chi connectivity index (χ0n) is 18.7. The molecule has 0 radical (unpaired) electrons. The minimum Gasteiger partial charge on any atom is -0.428 e. The largest absolute Gasteiger partial charge is 0.428 e. The summed E-state index contributed by atoms with van der Waals surface area (Å²) in [4.78, 5) is 41.6. The number of carbonyl (C=O) groups excluding carboxylic acids is 2. The number of ether oxygens (including phenoxy) is 3. The third-order valence-electron chi connectivity index (χ3n) is 4.77. The Labute approximate surface area is 185 Å². The highest BCUT2D eigenvalue weighted by Gasteiger charge is 2.23. The van der Waals surface area contributed by atoms with Gasteiger partial charge in [-0.05, 0) is 19.9 Å². The molecule has 1 fully saturated rings. The number of pyridine rings is 2. The number of fused-ring (bicyclic) bond motifs is 1. The molecule has 0 bridgehead atoms. The first-order valence-corrected chi connectivity index (χ1v) is 10.4. The molecule has 10 nitrogen and oxygen atoms in total. The maximum Gasteiger partial charge on any atom is 0.346 e. The van der Waals surface area contributed by atoms with Crippen molar-refractivity contribution in [3.63, 3.8) is 0 Å². The zero-order chi connectivity index (χ0) is 23.7. The highest BCUT2D eigenvalue weighted by Crippen LogP contribution is 2.22. The first-order chi connectivity index (χ1) is 15.4. The van der Waals surface area contributed by atoms with Crippen LogP contribution in [0.2, 0.25) is 0 Å². The minimum absolute atomic E-state index is 0.0170. The smallest absolute Gasteiger partial charge is 0.346 e. The van der Waals surface area contributed by atoms with E-state index in [4.69, 9.17) is 4.74 Å². The molecule has 0 spiro atoms. The van der Waals surface area contributed by atoms with E-state index in [1.807, 2.05) is 18.7 Å². The summed E-state index contributed by atoms with van der Waals surface area (Å²) in [5.41, 5.74) is -0.691. The molecule has 1 N–H and O–H groups in total. The number of piperazine rings is 1. The zero-order valence-corrected chi connectivity index (χ0v) is 18.7. The standard InChI is InChI=1S/C18H21FN4O5.C3H8O/c1-3-22-9-13(18(26)28-11(2)27-10-24)15(25)12-8-14(19)17(21-16(12)22)23-6-4-20-5-7-23;1-3-4-2/h8-11,20H,3-7H2,1-2H3;3H2,1-2H3. The highest BCUT2D eigenvalue weighted by atomic mass is 19.1.